The summed E-state index contributed by atoms with van der Waals surface area (Å²) in [6.07, 6.45) is -0.758. The van der Waals surface area contributed by atoms with Crippen LogP contribution in [-0.2, 0) is 0 Å². The number of nitrogens with one attached hydrogen (secondary N) is 1. The van der Waals surface area contributed by atoms with E-state index in [1.807, 2.05) is 20.8 Å². The number of phenolic OH excluding ortho intramolecular Hbond substituents is 1. The highest BCUT2D eigenvalue weighted by atomic mass is 35.5. The molecular weight excluding hydrogens is 254 g/mol. The highest BCUT2D eigenvalue weighted by Gasteiger charge is 2.19. The first kappa shape index (κ1) is 15.1. The minimum Gasteiger partial charge on any atom is -0.504 e. The Morgan fingerprint density at radius 2 is 2.00 bits per heavy atom. The lowest BCUT2D eigenvalue weighted by atomic mass is 10.1. The Labute approximate surface area is 113 Å². The fraction of sp³-hybridized carbons (Fsp3) is 0.538. The van der Waals surface area contributed by atoms with E-state index >= 15 is 0 Å². The summed E-state index contributed by atoms with van der Waals surface area (Å²) in [5, 5.41) is 23.1. The van der Waals surface area contributed by atoms with Crippen LogP contribution in [0.25, 0.3) is 0 Å². The van der Waals surface area contributed by atoms with Gasteiger partial charge in [-0.2, -0.15) is 0 Å². The second-order valence-corrected chi connectivity index (χ2v) is 5.55. The molecule has 1 aromatic carbocycles. The van der Waals surface area contributed by atoms with E-state index in [9.17, 15) is 10.2 Å². The number of benzene rings is 1. The third-order valence-corrected chi connectivity index (χ3v) is 2.88. The lowest BCUT2D eigenvalue weighted by molar-refractivity contribution is 0.163. The number of phenols is 1. The second kappa shape index (κ2) is 5.78. The van der Waals surface area contributed by atoms with Crippen LogP contribution in [0, 0.1) is 0 Å². The molecule has 5 heteroatoms. The summed E-state index contributed by atoms with van der Waals surface area (Å²) < 4.78 is 5.00. The highest BCUT2D eigenvalue weighted by Crippen LogP contribution is 2.38. The number of aliphatic hydroxyl groups excluding tert-OH is 1. The number of aliphatic hydroxyl groups is 1. The monoisotopic (exact) mass is 273 g/mol. The van der Waals surface area contributed by atoms with Crippen molar-refractivity contribution in [3.05, 3.63) is 22.7 Å². The summed E-state index contributed by atoms with van der Waals surface area (Å²) in [4.78, 5) is 0. The predicted octanol–water partition coefficient (Wildman–Crippen LogP) is 2.48. The van der Waals surface area contributed by atoms with Gasteiger partial charge in [-0.05, 0) is 26.8 Å². The van der Waals surface area contributed by atoms with Gasteiger partial charge in [0.05, 0.1) is 18.2 Å². The molecule has 4 nitrogen and oxygen atoms in total. The normalized spacial score (nSPS) is 13.4. The summed E-state index contributed by atoms with van der Waals surface area (Å²) >= 11 is 6.09. The largest absolute Gasteiger partial charge is 0.504 e. The molecule has 0 amide bonds. The molecule has 0 aromatic heterocycles. The van der Waals surface area contributed by atoms with Crippen LogP contribution in [0.2, 0.25) is 5.02 Å². The molecule has 0 spiro atoms. The van der Waals surface area contributed by atoms with Crippen LogP contribution in [0.3, 0.4) is 0 Å². The van der Waals surface area contributed by atoms with Crippen molar-refractivity contribution < 1.29 is 14.9 Å². The van der Waals surface area contributed by atoms with Crippen molar-refractivity contribution in [2.45, 2.75) is 32.4 Å². The number of hydrogen-bond acceptors (Lipinski definition) is 4. The standard InChI is InChI=1S/C13H20ClNO3/c1-13(2,3)15-7-10(17)8-5-6-9(16)12(18-4)11(8)14/h5-6,10,15-17H,7H2,1-4H3/t10-/m1/s1. The first-order valence-electron chi connectivity index (χ1n) is 5.74. The maximum Gasteiger partial charge on any atom is 0.179 e. The lowest BCUT2D eigenvalue weighted by Crippen LogP contribution is -2.38. The number of ether oxygens (including phenoxy) is 1. The quantitative estimate of drug-likeness (QED) is 0.789. The van der Waals surface area contributed by atoms with Crippen LogP contribution in [0.4, 0.5) is 0 Å². The lowest BCUT2D eigenvalue weighted by Gasteiger charge is -2.23. The first-order valence-corrected chi connectivity index (χ1v) is 6.12. The van der Waals surface area contributed by atoms with Crippen molar-refractivity contribution in [3.8, 4) is 11.5 Å². The van der Waals surface area contributed by atoms with Crippen molar-refractivity contribution in [3.63, 3.8) is 0 Å². The molecule has 1 atom stereocenters. The molecule has 102 valence electrons. The Balaban J connectivity index is 2.90. The van der Waals surface area contributed by atoms with Crippen molar-refractivity contribution in [2.75, 3.05) is 13.7 Å². The molecule has 0 aliphatic carbocycles. The van der Waals surface area contributed by atoms with Crippen molar-refractivity contribution in [1.82, 2.24) is 5.32 Å². The van der Waals surface area contributed by atoms with Crippen molar-refractivity contribution in [1.29, 1.82) is 0 Å². The zero-order valence-corrected chi connectivity index (χ0v) is 11.9. The van der Waals surface area contributed by atoms with E-state index in [2.05, 4.69) is 5.32 Å². The molecule has 0 unspecified atom stereocenters. The van der Waals surface area contributed by atoms with E-state index in [-0.39, 0.29) is 22.1 Å². The Morgan fingerprint density at radius 3 is 2.50 bits per heavy atom. The van der Waals surface area contributed by atoms with E-state index in [4.69, 9.17) is 16.3 Å². The molecular formula is C13H20ClNO3. The van der Waals surface area contributed by atoms with Gasteiger partial charge in [-0.1, -0.05) is 17.7 Å². The summed E-state index contributed by atoms with van der Waals surface area (Å²) in [7, 11) is 1.42. The molecule has 1 aromatic rings. The molecule has 3 N–H and O–H groups in total. The van der Waals surface area contributed by atoms with Gasteiger partial charge >= 0.3 is 0 Å². The smallest absolute Gasteiger partial charge is 0.179 e. The summed E-state index contributed by atoms with van der Waals surface area (Å²) in [6, 6.07) is 3.05. The van der Waals surface area contributed by atoms with Gasteiger partial charge in [-0.15, -0.1) is 0 Å². The topological polar surface area (TPSA) is 61.7 Å². The van der Waals surface area contributed by atoms with Gasteiger partial charge < -0.3 is 20.3 Å². The Bertz CT molecular complexity index is 415. The van der Waals surface area contributed by atoms with Crippen LogP contribution >= 0.6 is 11.6 Å². The minimum absolute atomic E-state index is 0.0396. The molecule has 0 aliphatic rings. The maximum atomic E-state index is 10.1. The van der Waals surface area contributed by atoms with Crippen molar-refractivity contribution in [2.24, 2.45) is 0 Å². The summed E-state index contributed by atoms with van der Waals surface area (Å²) in [5.74, 6) is 0.145. The molecule has 0 radical (unpaired) electrons. The number of rotatable bonds is 4. The zero-order chi connectivity index (χ0) is 13.9. The molecule has 0 fully saturated rings. The zero-order valence-electron chi connectivity index (χ0n) is 11.1. The third kappa shape index (κ3) is 3.77. The van der Waals surface area contributed by atoms with E-state index < -0.39 is 6.10 Å². The maximum absolute atomic E-state index is 10.1. The fourth-order valence-electron chi connectivity index (χ4n) is 1.53. The van der Waals surface area contributed by atoms with Gasteiger partial charge in [0.25, 0.3) is 0 Å². The van der Waals surface area contributed by atoms with Gasteiger partial charge in [0.2, 0.25) is 0 Å². The third-order valence-electron chi connectivity index (χ3n) is 2.50. The molecule has 0 aliphatic heterocycles. The van der Waals surface area contributed by atoms with Gasteiger partial charge in [0, 0.05) is 17.6 Å². The Hall–Kier alpha value is -0.970. The molecule has 0 saturated carbocycles. The number of aromatic hydroxyl groups is 1. The summed E-state index contributed by atoms with van der Waals surface area (Å²) in [5.41, 5.74) is 0.442. The number of β-amino-alcohol motifs (C(OH)–C–C–N with tert-alkyl or cyclic N) is 1. The van der Waals surface area contributed by atoms with E-state index in [0.717, 1.165) is 0 Å². The summed E-state index contributed by atoms with van der Waals surface area (Å²) in [6.45, 7) is 6.41. The van der Waals surface area contributed by atoms with Gasteiger partial charge in [-0.25, -0.2) is 0 Å². The Morgan fingerprint density at radius 1 is 1.39 bits per heavy atom. The van der Waals surface area contributed by atoms with Crippen LogP contribution in [0.15, 0.2) is 12.1 Å². The minimum atomic E-state index is -0.758. The predicted molar refractivity (Wildman–Crippen MR) is 72.4 cm³/mol. The number of methoxy groups -OCH3 is 1. The number of hydrogen-bond donors (Lipinski definition) is 3. The van der Waals surface area contributed by atoms with Crippen molar-refractivity contribution >= 4 is 11.6 Å². The van der Waals surface area contributed by atoms with E-state index in [1.54, 1.807) is 6.07 Å². The van der Waals surface area contributed by atoms with Crippen LogP contribution in [0.5, 0.6) is 11.5 Å². The highest BCUT2D eigenvalue weighted by molar-refractivity contribution is 6.33. The molecule has 0 saturated heterocycles. The first-order chi connectivity index (χ1) is 8.26. The average Bonchev–Trinajstić information content (AvgIpc) is 2.26. The van der Waals surface area contributed by atoms with E-state index in [0.29, 0.717) is 12.1 Å². The van der Waals surface area contributed by atoms with Gasteiger partial charge in [0.15, 0.2) is 11.5 Å². The fourth-order valence-corrected chi connectivity index (χ4v) is 1.89. The van der Waals surface area contributed by atoms with E-state index in [1.165, 1.54) is 13.2 Å². The Kier molecular flexibility index (Phi) is 4.85. The van der Waals surface area contributed by atoms with Gasteiger partial charge in [-0.3, -0.25) is 0 Å². The van der Waals surface area contributed by atoms with Gasteiger partial charge in [0.1, 0.15) is 0 Å². The SMILES string of the molecule is COc1c(O)ccc([C@H](O)CNC(C)(C)C)c1Cl. The van der Waals surface area contributed by atoms with Crippen LogP contribution in [0.1, 0.15) is 32.4 Å². The second-order valence-electron chi connectivity index (χ2n) is 5.17. The van der Waals surface area contributed by atoms with Crippen LogP contribution < -0.4 is 10.1 Å². The average molecular weight is 274 g/mol. The molecule has 0 heterocycles. The molecule has 1 rings (SSSR count). The molecule has 0 bridgehead atoms. The van der Waals surface area contributed by atoms with Crippen LogP contribution in [-0.4, -0.2) is 29.4 Å². The molecule has 18 heavy (non-hydrogen) atoms. The number of halogens is 1.